The predicted octanol–water partition coefficient (Wildman–Crippen LogP) is 9.44. The lowest BCUT2D eigenvalue weighted by Crippen LogP contribution is -2.41. The van der Waals surface area contributed by atoms with E-state index in [1.165, 1.54) is 4.70 Å². The number of nitrogens with zero attached hydrogens (tertiary/aromatic N) is 3. The molecule has 9 rings (SSSR count). The van der Waals surface area contributed by atoms with E-state index in [1.807, 2.05) is 60.7 Å². The van der Waals surface area contributed by atoms with Crippen molar-refractivity contribution in [2.24, 2.45) is 0 Å². The van der Waals surface area contributed by atoms with Crippen LogP contribution in [-0.2, 0) is 9.31 Å². The molecule has 0 bridgehead atoms. The number of hydrogen-bond donors (Lipinski definition) is 0. The predicted molar refractivity (Wildman–Crippen MR) is 192 cm³/mol. The molecule has 6 nitrogen and oxygen atoms in total. The number of hydrogen-bond acceptors (Lipinski definition) is 7. The molecule has 1 saturated heterocycles. The molecule has 0 amide bonds. The zero-order valence-corrected chi connectivity index (χ0v) is 27.3. The second-order valence-electron chi connectivity index (χ2n) is 13.1. The van der Waals surface area contributed by atoms with Gasteiger partial charge in [0.15, 0.2) is 17.5 Å². The van der Waals surface area contributed by atoms with Gasteiger partial charge in [-0.3, -0.25) is 0 Å². The topological polar surface area (TPSA) is 70.3 Å². The van der Waals surface area contributed by atoms with Crippen molar-refractivity contribution in [3.05, 3.63) is 109 Å². The van der Waals surface area contributed by atoms with Crippen LogP contribution in [0.4, 0.5) is 0 Å². The summed E-state index contributed by atoms with van der Waals surface area (Å²) in [7, 11) is -0.442. The summed E-state index contributed by atoms with van der Waals surface area (Å²) in [6, 6.07) is 37.0. The Morgan fingerprint density at radius 2 is 1.23 bits per heavy atom. The van der Waals surface area contributed by atoms with Crippen LogP contribution in [0.25, 0.3) is 76.3 Å². The van der Waals surface area contributed by atoms with Gasteiger partial charge in [0.25, 0.3) is 0 Å². The van der Waals surface area contributed by atoms with Gasteiger partial charge in [-0.1, -0.05) is 84.9 Å². The average Bonchev–Trinajstić information content (AvgIpc) is 3.72. The first-order valence-corrected chi connectivity index (χ1v) is 16.6. The summed E-state index contributed by atoms with van der Waals surface area (Å²) in [6.45, 7) is 8.36. The lowest BCUT2D eigenvalue weighted by molar-refractivity contribution is 0.00578. The molecule has 0 saturated carbocycles. The third-order valence-electron chi connectivity index (χ3n) is 9.61. The Bertz CT molecular complexity index is 2490. The molecule has 3 aromatic heterocycles. The molecular formula is C39H30BN3O3S. The zero-order valence-electron chi connectivity index (χ0n) is 26.4. The summed E-state index contributed by atoms with van der Waals surface area (Å²) < 4.78 is 21.5. The first-order valence-electron chi connectivity index (χ1n) is 15.8. The van der Waals surface area contributed by atoms with Crippen LogP contribution in [0.15, 0.2) is 114 Å². The summed E-state index contributed by atoms with van der Waals surface area (Å²) in [5.74, 6) is 1.84. The van der Waals surface area contributed by atoms with E-state index in [2.05, 4.69) is 76.2 Å². The number of thiophene rings is 1. The number of benzene rings is 5. The van der Waals surface area contributed by atoms with Gasteiger partial charge >= 0.3 is 7.12 Å². The fraction of sp³-hybridized carbons (Fsp3) is 0.154. The number of furan rings is 1. The van der Waals surface area contributed by atoms with Crippen LogP contribution in [0.3, 0.4) is 0 Å². The maximum absolute atomic E-state index is 6.48. The van der Waals surface area contributed by atoms with Crippen molar-refractivity contribution in [1.82, 2.24) is 15.0 Å². The molecule has 47 heavy (non-hydrogen) atoms. The van der Waals surface area contributed by atoms with E-state index in [0.717, 1.165) is 59.6 Å². The molecule has 228 valence electrons. The summed E-state index contributed by atoms with van der Waals surface area (Å²) in [5, 5.41) is 4.35. The normalized spacial score (nSPS) is 15.8. The smallest absolute Gasteiger partial charge is 0.456 e. The van der Waals surface area contributed by atoms with Crippen LogP contribution in [0.1, 0.15) is 27.7 Å². The molecule has 1 fully saturated rings. The SMILES string of the molecule is CC1(C)OB(c2cccc3sc4cc(-c5nc(-c6ccccc6)nc(-c6cccc7oc8ccccc8c67)n5)ccc4c23)OC1(C)C. The van der Waals surface area contributed by atoms with Gasteiger partial charge in [0.2, 0.25) is 0 Å². The van der Waals surface area contributed by atoms with E-state index >= 15 is 0 Å². The maximum Gasteiger partial charge on any atom is 0.495 e. The second kappa shape index (κ2) is 10.3. The van der Waals surface area contributed by atoms with Gasteiger partial charge < -0.3 is 13.7 Å². The van der Waals surface area contributed by atoms with Crippen molar-refractivity contribution in [3.8, 4) is 34.2 Å². The molecule has 0 unspecified atom stereocenters. The molecule has 8 aromatic rings. The Hall–Kier alpha value is -4.89. The van der Waals surface area contributed by atoms with Crippen LogP contribution >= 0.6 is 11.3 Å². The summed E-state index contributed by atoms with van der Waals surface area (Å²) in [4.78, 5) is 15.2. The standard InChI is InChI=1S/C39H30BN3O3S/c1-38(2)39(3,4)46-40(45-38)28-16-11-19-31-34(28)26-21-20-24(22-32(26)47-31)36-41-35(23-12-6-5-7-13-23)42-37(43-36)27-15-10-18-30-33(27)25-14-8-9-17-29(25)44-30/h5-22H,1-4H3. The molecule has 8 heteroatoms. The molecule has 5 aromatic carbocycles. The molecule has 0 spiro atoms. The highest BCUT2D eigenvalue weighted by Gasteiger charge is 2.52. The average molecular weight is 632 g/mol. The quantitative estimate of drug-likeness (QED) is 0.180. The Morgan fingerprint density at radius 1 is 0.553 bits per heavy atom. The molecule has 1 aliphatic heterocycles. The van der Waals surface area contributed by atoms with Gasteiger partial charge in [-0.2, -0.15) is 0 Å². The van der Waals surface area contributed by atoms with Gasteiger partial charge in [-0.05, 0) is 57.4 Å². The van der Waals surface area contributed by atoms with Crippen molar-refractivity contribution in [1.29, 1.82) is 0 Å². The van der Waals surface area contributed by atoms with E-state index in [-0.39, 0.29) is 0 Å². The van der Waals surface area contributed by atoms with E-state index < -0.39 is 18.3 Å². The third kappa shape index (κ3) is 4.51. The molecule has 0 radical (unpaired) electrons. The van der Waals surface area contributed by atoms with Crippen LogP contribution < -0.4 is 5.46 Å². The fourth-order valence-corrected chi connectivity index (χ4v) is 7.64. The Labute approximate surface area is 276 Å². The Morgan fingerprint density at radius 3 is 2.04 bits per heavy atom. The minimum Gasteiger partial charge on any atom is -0.456 e. The lowest BCUT2D eigenvalue weighted by Gasteiger charge is -2.32. The van der Waals surface area contributed by atoms with E-state index in [9.17, 15) is 0 Å². The van der Waals surface area contributed by atoms with Crippen LogP contribution in [0.5, 0.6) is 0 Å². The first-order chi connectivity index (χ1) is 22.8. The highest BCUT2D eigenvalue weighted by Crippen LogP contribution is 2.41. The molecule has 1 aliphatic rings. The lowest BCUT2D eigenvalue weighted by atomic mass is 9.76. The highest BCUT2D eigenvalue weighted by molar-refractivity contribution is 7.26. The molecule has 0 aliphatic carbocycles. The van der Waals surface area contributed by atoms with Crippen molar-refractivity contribution >= 4 is 66.0 Å². The summed E-state index contributed by atoms with van der Waals surface area (Å²) in [6.07, 6.45) is 0. The van der Waals surface area contributed by atoms with E-state index in [0.29, 0.717) is 17.5 Å². The van der Waals surface area contributed by atoms with E-state index in [1.54, 1.807) is 11.3 Å². The van der Waals surface area contributed by atoms with Crippen molar-refractivity contribution in [3.63, 3.8) is 0 Å². The Kier molecular flexibility index (Phi) is 6.22. The van der Waals surface area contributed by atoms with Crippen molar-refractivity contribution in [2.75, 3.05) is 0 Å². The van der Waals surface area contributed by atoms with Gasteiger partial charge in [-0.25, -0.2) is 15.0 Å². The molecular weight excluding hydrogens is 601 g/mol. The molecule has 0 atom stereocenters. The second-order valence-corrected chi connectivity index (χ2v) is 14.2. The largest absolute Gasteiger partial charge is 0.495 e. The number of rotatable bonds is 4. The third-order valence-corrected chi connectivity index (χ3v) is 10.7. The number of para-hydroxylation sites is 1. The zero-order chi connectivity index (χ0) is 31.9. The Balaban J connectivity index is 1.22. The van der Waals surface area contributed by atoms with Crippen molar-refractivity contribution < 1.29 is 13.7 Å². The molecule has 4 heterocycles. The van der Waals surface area contributed by atoms with Gasteiger partial charge in [-0.15, -0.1) is 11.3 Å². The monoisotopic (exact) mass is 631 g/mol. The van der Waals surface area contributed by atoms with Crippen molar-refractivity contribution in [2.45, 2.75) is 38.9 Å². The maximum atomic E-state index is 6.48. The minimum atomic E-state index is -0.442. The number of fused-ring (bicyclic) bond motifs is 6. The van der Waals surface area contributed by atoms with Crippen LogP contribution in [0.2, 0.25) is 0 Å². The summed E-state index contributed by atoms with van der Waals surface area (Å²) in [5.41, 5.74) is 4.61. The minimum absolute atomic E-state index is 0.418. The number of aromatic nitrogens is 3. The van der Waals surface area contributed by atoms with Gasteiger partial charge in [0.1, 0.15) is 11.2 Å². The van der Waals surface area contributed by atoms with Gasteiger partial charge in [0, 0.05) is 47.6 Å². The molecule has 0 N–H and O–H groups in total. The van der Waals surface area contributed by atoms with Crippen LogP contribution in [0, 0.1) is 0 Å². The van der Waals surface area contributed by atoms with Crippen LogP contribution in [-0.4, -0.2) is 33.3 Å². The van der Waals surface area contributed by atoms with Gasteiger partial charge in [0.05, 0.1) is 11.2 Å². The summed E-state index contributed by atoms with van der Waals surface area (Å²) >= 11 is 1.75. The first kappa shape index (κ1) is 28.3. The fourth-order valence-electron chi connectivity index (χ4n) is 6.46. The highest BCUT2D eigenvalue weighted by atomic mass is 32.1. The van der Waals surface area contributed by atoms with E-state index in [4.69, 9.17) is 28.7 Å².